The fourth-order valence-electron chi connectivity index (χ4n) is 2.98. The summed E-state index contributed by atoms with van der Waals surface area (Å²) in [4.78, 5) is 15.1. The van der Waals surface area contributed by atoms with Gasteiger partial charge in [0.1, 0.15) is 11.3 Å². The van der Waals surface area contributed by atoms with Crippen LogP contribution in [-0.4, -0.2) is 17.0 Å². The number of non-ortho nitro benzene ring substituents is 1. The van der Waals surface area contributed by atoms with Crippen LogP contribution in [0.25, 0.3) is 17.0 Å². The molecule has 2 aromatic rings. The maximum atomic E-state index is 11.3. The molecule has 1 aliphatic rings. The second kappa shape index (κ2) is 6.13. The van der Waals surface area contributed by atoms with Crippen molar-refractivity contribution >= 4 is 22.7 Å². The van der Waals surface area contributed by atoms with Gasteiger partial charge in [0.05, 0.1) is 18.1 Å². The molecule has 0 atom stereocenters. The summed E-state index contributed by atoms with van der Waals surface area (Å²) in [6, 6.07) is 5.16. The molecule has 0 amide bonds. The van der Waals surface area contributed by atoms with Gasteiger partial charge in [-0.3, -0.25) is 10.1 Å². The fourth-order valence-corrected chi connectivity index (χ4v) is 2.98. The second-order valence-corrected chi connectivity index (χ2v) is 5.56. The minimum atomic E-state index is -0.407. The summed E-state index contributed by atoms with van der Waals surface area (Å²) in [5, 5.41) is 12.0. The van der Waals surface area contributed by atoms with Crippen molar-refractivity contribution in [2.75, 3.05) is 7.11 Å². The summed E-state index contributed by atoms with van der Waals surface area (Å²) in [7, 11) is 1.51. The van der Waals surface area contributed by atoms with Gasteiger partial charge in [-0.15, -0.1) is 0 Å². The Hall–Kier alpha value is -2.43. The molecule has 3 rings (SSSR count). The van der Waals surface area contributed by atoms with Crippen molar-refractivity contribution in [1.82, 2.24) is 4.98 Å². The number of hydrogen-bond donors (Lipinski definition) is 0. The van der Waals surface area contributed by atoms with Crippen molar-refractivity contribution in [3.8, 4) is 5.75 Å². The van der Waals surface area contributed by atoms with Gasteiger partial charge in [-0.25, -0.2) is 4.98 Å². The smallest absolute Gasteiger partial charge is 0.299 e. The highest BCUT2D eigenvalue weighted by Crippen LogP contribution is 2.33. The molecule has 5 heteroatoms. The maximum Gasteiger partial charge on any atom is 0.299 e. The standard InChI is InChI=1S/C17H18N2O3/c1-22-14-10-15-13(9-12-5-3-2-4-6-12)7-8-18-17(15)16(11-14)19(20)21/h7-11H,2-6H2,1H3. The van der Waals surface area contributed by atoms with Gasteiger partial charge >= 0.3 is 0 Å². The average molecular weight is 298 g/mol. The highest BCUT2D eigenvalue weighted by atomic mass is 16.6. The van der Waals surface area contributed by atoms with E-state index < -0.39 is 4.92 Å². The molecule has 5 nitrogen and oxygen atoms in total. The number of ether oxygens (including phenoxy) is 1. The predicted octanol–water partition coefficient (Wildman–Crippen LogP) is 4.50. The van der Waals surface area contributed by atoms with Crippen LogP contribution in [0.4, 0.5) is 5.69 Å². The van der Waals surface area contributed by atoms with Crippen LogP contribution in [0, 0.1) is 10.1 Å². The van der Waals surface area contributed by atoms with Crippen molar-refractivity contribution in [3.63, 3.8) is 0 Å². The normalized spacial score (nSPS) is 14.9. The largest absolute Gasteiger partial charge is 0.496 e. The lowest BCUT2D eigenvalue weighted by Crippen LogP contribution is -1.96. The van der Waals surface area contributed by atoms with Crippen molar-refractivity contribution in [3.05, 3.63) is 45.6 Å². The quantitative estimate of drug-likeness (QED) is 0.618. The molecule has 0 bridgehead atoms. The van der Waals surface area contributed by atoms with Crippen LogP contribution in [0.1, 0.15) is 37.7 Å². The molecule has 1 heterocycles. The van der Waals surface area contributed by atoms with Gasteiger partial charge in [0.25, 0.3) is 5.69 Å². The van der Waals surface area contributed by atoms with E-state index in [-0.39, 0.29) is 5.69 Å². The zero-order chi connectivity index (χ0) is 15.5. The van der Waals surface area contributed by atoms with Crippen molar-refractivity contribution in [2.45, 2.75) is 32.1 Å². The first kappa shape index (κ1) is 14.5. The zero-order valence-electron chi connectivity index (χ0n) is 12.5. The van der Waals surface area contributed by atoms with Crippen molar-refractivity contribution < 1.29 is 9.66 Å². The molecule has 1 aromatic heterocycles. The van der Waals surface area contributed by atoms with E-state index in [2.05, 4.69) is 11.1 Å². The Balaban J connectivity index is 2.18. The van der Waals surface area contributed by atoms with Crippen LogP contribution >= 0.6 is 0 Å². The average Bonchev–Trinajstić information content (AvgIpc) is 2.55. The van der Waals surface area contributed by atoms with E-state index in [9.17, 15) is 10.1 Å². The van der Waals surface area contributed by atoms with Crippen molar-refractivity contribution in [1.29, 1.82) is 0 Å². The lowest BCUT2D eigenvalue weighted by atomic mass is 9.92. The number of allylic oxidation sites excluding steroid dienone is 1. The van der Waals surface area contributed by atoms with Crippen molar-refractivity contribution in [2.24, 2.45) is 0 Å². The topological polar surface area (TPSA) is 65.3 Å². The Labute approximate surface area is 128 Å². The number of fused-ring (bicyclic) bond motifs is 1. The van der Waals surface area contributed by atoms with Gasteiger partial charge in [0, 0.05) is 11.6 Å². The summed E-state index contributed by atoms with van der Waals surface area (Å²) >= 11 is 0. The summed E-state index contributed by atoms with van der Waals surface area (Å²) in [6.07, 6.45) is 9.74. The summed E-state index contributed by atoms with van der Waals surface area (Å²) in [6.45, 7) is 0. The van der Waals surface area contributed by atoms with E-state index in [0.29, 0.717) is 11.3 Å². The number of nitrogens with zero attached hydrogens (tertiary/aromatic N) is 2. The second-order valence-electron chi connectivity index (χ2n) is 5.56. The first-order chi connectivity index (χ1) is 10.7. The van der Waals surface area contributed by atoms with Gasteiger partial charge in [0.2, 0.25) is 0 Å². The highest BCUT2D eigenvalue weighted by Gasteiger charge is 2.17. The molecule has 1 aliphatic carbocycles. The van der Waals surface area contributed by atoms with Gasteiger partial charge in [0.15, 0.2) is 0 Å². The SMILES string of the molecule is COc1cc([N+](=O)[O-])c2nccc(C=C3CCCCC3)c2c1. The third-order valence-electron chi connectivity index (χ3n) is 4.12. The summed E-state index contributed by atoms with van der Waals surface area (Å²) in [5.41, 5.74) is 2.78. The lowest BCUT2D eigenvalue weighted by Gasteiger charge is -2.14. The molecule has 0 unspecified atom stereocenters. The third-order valence-corrected chi connectivity index (χ3v) is 4.12. The van der Waals surface area contributed by atoms with E-state index in [4.69, 9.17) is 4.74 Å². The third kappa shape index (κ3) is 2.79. The molecule has 0 aliphatic heterocycles. The van der Waals surface area contributed by atoms with E-state index in [1.54, 1.807) is 6.20 Å². The van der Waals surface area contributed by atoms with Crippen LogP contribution in [-0.2, 0) is 0 Å². The number of methoxy groups -OCH3 is 1. The molecule has 0 spiro atoms. The monoisotopic (exact) mass is 298 g/mol. The zero-order valence-corrected chi connectivity index (χ0v) is 12.5. The molecule has 1 fully saturated rings. The molecule has 1 aromatic carbocycles. The van der Waals surface area contributed by atoms with Gasteiger partial charge in [-0.2, -0.15) is 0 Å². The highest BCUT2D eigenvalue weighted by molar-refractivity contribution is 5.95. The molecule has 22 heavy (non-hydrogen) atoms. The van der Waals surface area contributed by atoms with E-state index in [1.807, 2.05) is 12.1 Å². The molecule has 0 radical (unpaired) electrons. The Bertz CT molecular complexity index is 745. The van der Waals surface area contributed by atoms with Gasteiger partial charge < -0.3 is 4.74 Å². The molecule has 0 N–H and O–H groups in total. The minimum Gasteiger partial charge on any atom is -0.496 e. The number of pyridine rings is 1. The number of benzene rings is 1. The number of nitro benzene ring substituents is 1. The van der Waals surface area contributed by atoms with Crippen LogP contribution in [0.5, 0.6) is 5.75 Å². The number of hydrogen-bond acceptors (Lipinski definition) is 4. The van der Waals surface area contributed by atoms with E-state index in [1.165, 1.54) is 38.0 Å². The Morgan fingerprint density at radius 3 is 2.73 bits per heavy atom. The molecule has 1 saturated carbocycles. The van der Waals surface area contributed by atoms with Gasteiger partial charge in [-0.1, -0.05) is 18.1 Å². The first-order valence-electron chi connectivity index (χ1n) is 7.49. The fraction of sp³-hybridized carbons (Fsp3) is 0.353. The van der Waals surface area contributed by atoms with Crippen LogP contribution in [0.2, 0.25) is 0 Å². The maximum absolute atomic E-state index is 11.3. The van der Waals surface area contributed by atoms with Gasteiger partial charge in [-0.05, 0) is 43.4 Å². The number of aromatic nitrogens is 1. The number of nitro groups is 1. The van der Waals surface area contributed by atoms with E-state index in [0.717, 1.165) is 23.8 Å². The molecule has 114 valence electrons. The van der Waals surface area contributed by atoms with Crippen LogP contribution < -0.4 is 4.74 Å². The molecular formula is C17H18N2O3. The Morgan fingerprint density at radius 2 is 2.05 bits per heavy atom. The lowest BCUT2D eigenvalue weighted by molar-refractivity contribution is -0.383. The molecular weight excluding hydrogens is 280 g/mol. The summed E-state index contributed by atoms with van der Waals surface area (Å²) in [5.74, 6) is 0.482. The minimum absolute atomic E-state index is 0.0155. The Kier molecular flexibility index (Phi) is 4.04. The van der Waals surface area contributed by atoms with Crippen LogP contribution in [0.15, 0.2) is 30.0 Å². The Morgan fingerprint density at radius 1 is 1.27 bits per heavy atom. The molecule has 0 saturated heterocycles. The summed E-state index contributed by atoms with van der Waals surface area (Å²) < 4.78 is 5.21. The predicted molar refractivity (Wildman–Crippen MR) is 86.0 cm³/mol. The first-order valence-corrected chi connectivity index (χ1v) is 7.49. The van der Waals surface area contributed by atoms with E-state index >= 15 is 0 Å². The number of rotatable bonds is 3. The van der Waals surface area contributed by atoms with Crippen LogP contribution in [0.3, 0.4) is 0 Å².